The van der Waals surface area contributed by atoms with Gasteiger partial charge in [0.2, 0.25) is 0 Å². The Morgan fingerprint density at radius 2 is 2.00 bits per heavy atom. The fourth-order valence-electron chi connectivity index (χ4n) is 1.60. The highest BCUT2D eigenvalue weighted by atomic mass is 19.1. The summed E-state index contributed by atoms with van der Waals surface area (Å²) in [6.07, 6.45) is -1.63. The van der Waals surface area contributed by atoms with Crippen molar-refractivity contribution >= 4 is 0 Å². The van der Waals surface area contributed by atoms with Crippen molar-refractivity contribution in [2.45, 2.75) is 32.5 Å². The maximum absolute atomic E-state index is 13.5. The van der Waals surface area contributed by atoms with E-state index in [1.807, 2.05) is 0 Å². The number of benzene rings is 1. The van der Waals surface area contributed by atoms with Gasteiger partial charge in [0.05, 0.1) is 13.2 Å². The van der Waals surface area contributed by atoms with Crippen LogP contribution in [-0.4, -0.2) is 18.3 Å². The molecule has 1 aromatic rings. The molecule has 1 rings (SSSR count). The zero-order chi connectivity index (χ0) is 12.3. The van der Waals surface area contributed by atoms with Gasteiger partial charge in [-0.3, -0.25) is 0 Å². The van der Waals surface area contributed by atoms with Gasteiger partial charge < -0.3 is 9.84 Å². The highest BCUT2D eigenvalue weighted by Crippen LogP contribution is 2.29. The van der Waals surface area contributed by atoms with Crippen LogP contribution in [0.3, 0.4) is 0 Å². The van der Waals surface area contributed by atoms with E-state index in [1.165, 1.54) is 20.1 Å². The molecule has 0 bridgehead atoms. The number of aliphatic hydroxyl groups is 1. The maximum atomic E-state index is 13.5. The van der Waals surface area contributed by atoms with Crippen molar-refractivity contribution < 1.29 is 18.6 Å². The molecule has 2 unspecified atom stereocenters. The normalized spacial score (nSPS) is 14.6. The molecule has 0 radical (unpaired) electrons. The van der Waals surface area contributed by atoms with Crippen LogP contribution in [0.25, 0.3) is 0 Å². The number of rotatable bonds is 4. The average molecular weight is 230 g/mol. The van der Waals surface area contributed by atoms with E-state index in [2.05, 4.69) is 0 Å². The first-order valence-electron chi connectivity index (χ1n) is 5.14. The van der Waals surface area contributed by atoms with E-state index < -0.39 is 18.1 Å². The molecule has 16 heavy (non-hydrogen) atoms. The third-order valence-electron chi connectivity index (χ3n) is 2.32. The Hall–Kier alpha value is -1.16. The average Bonchev–Trinajstić information content (AvgIpc) is 2.16. The van der Waals surface area contributed by atoms with Gasteiger partial charge in [0.25, 0.3) is 0 Å². The van der Waals surface area contributed by atoms with Gasteiger partial charge in [-0.05, 0) is 31.5 Å². The molecule has 2 atom stereocenters. The van der Waals surface area contributed by atoms with Crippen LogP contribution < -0.4 is 4.74 Å². The Morgan fingerprint density at radius 3 is 2.44 bits per heavy atom. The molecule has 1 N–H and O–H groups in total. The molecule has 0 fully saturated rings. The first-order chi connectivity index (χ1) is 7.45. The Kier molecular flexibility index (Phi) is 4.24. The van der Waals surface area contributed by atoms with Gasteiger partial charge in [-0.25, -0.2) is 8.78 Å². The van der Waals surface area contributed by atoms with Gasteiger partial charge in [-0.2, -0.15) is 0 Å². The molecule has 2 nitrogen and oxygen atoms in total. The van der Waals surface area contributed by atoms with Gasteiger partial charge in [-0.15, -0.1) is 0 Å². The second kappa shape index (κ2) is 5.25. The summed E-state index contributed by atoms with van der Waals surface area (Å²) in [6.45, 7) is 2.93. The van der Waals surface area contributed by atoms with Crippen LogP contribution in [-0.2, 0) is 6.42 Å². The summed E-state index contributed by atoms with van der Waals surface area (Å²) in [5.74, 6) is -0.523. The lowest BCUT2D eigenvalue weighted by molar-refractivity contribution is 0.193. The SMILES string of the molecule is COc1c(F)cc(C(C)F)cc1CC(C)O. The minimum Gasteiger partial charge on any atom is -0.493 e. The lowest BCUT2D eigenvalue weighted by Crippen LogP contribution is -2.07. The summed E-state index contributed by atoms with van der Waals surface area (Å²) in [5, 5.41) is 9.27. The summed E-state index contributed by atoms with van der Waals surface area (Å²) < 4.78 is 31.5. The first-order valence-corrected chi connectivity index (χ1v) is 5.14. The molecule has 0 aliphatic rings. The number of methoxy groups -OCH3 is 1. The predicted octanol–water partition coefficient (Wildman–Crippen LogP) is 2.79. The number of ether oxygens (including phenoxy) is 1. The molecule has 1 aromatic carbocycles. The van der Waals surface area contributed by atoms with Crippen molar-refractivity contribution in [1.82, 2.24) is 0 Å². The molecule has 0 aliphatic carbocycles. The fourth-order valence-corrected chi connectivity index (χ4v) is 1.60. The summed E-state index contributed by atoms with van der Waals surface area (Å²) in [5.41, 5.74) is 0.742. The zero-order valence-corrected chi connectivity index (χ0v) is 9.63. The predicted molar refractivity (Wildman–Crippen MR) is 57.9 cm³/mol. The van der Waals surface area contributed by atoms with Crippen LogP contribution >= 0.6 is 0 Å². The summed E-state index contributed by atoms with van der Waals surface area (Å²) in [6, 6.07) is 2.65. The third-order valence-corrected chi connectivity index (χ3v) is 2.32. The number of hydrogen-bond acceptors (Lipinski definition) is 2. The molecular weight excluding hydrogens is 214 g/mol. The van der Waals surface area contributed by atoms with Crippen molar-refractivity contribution in [1.29, 1.82) is 0 Å². The minimum absolute atomic E-state index is 0.0744. The van der Waals surface area contributed by atoms with E-state index in [1.54, 1.807) is 6.92 Å². The molecule has 0 saturated carbocycles. The van der Waals surface area contributed by atoms with E-state index in [0.29, 0.717) is 5.56 Å². The van der Waals surface area contributed by atoms with Crippen molar-refractivity contribution in [3.8, 4) is 5.75 Å². The fraction of sp³-hybridized carbons (Fsp3) is 0.500. The van der Waals surface area contributed by atoms with Crippen LogP contribution in [0.1, 0.15) is 31.1 Å². The zero-order valence-electron chi connectivity index (χ0n) is 9.63. The van der Waals surface area contributed by atoms with Gasteiger partial charge in [-0.1, -0.05) is 0 Å². The molecule has 0 aromatic heterocycles. The van der Waals surface area contributed by atoms with Crippen LogP contribution in [0.2, 0.25) is 0 Å². The van der Waals surface area contributed by atoms with Gasteiger partial charge in [0, 0.05) is 12.0 Å². The summed E-state index contributed by atoms with van der Waals surface area (Å²) in [4.78, 5) is 0. The van der Waals surface area contributed by atoms with Crippen LogP contribution in [0, 0.1) is 5.82 Å². The van der Waals surface area contributed by atoms with Crippen molar-refractivity contribution in [2.75, 3.05) is 7.11 Å². The van der Waals surface area contributed by atoms with Gasteiger partial charge in [0.15, 0.2) is 11.6 Å². The second-order valence-electron chi connectivity index (χ2n) is 3.86. The monoisotopic (exact) mass is 230 g/mol. The molecule has 0 heterocycles. The van der Waals surface area contributed by atoms with Crippen LogP contribution in [0.5, 0.6) is 5.75 Å². The highest BCUT2D eigenvalue weighted by Gasteiger charge is 2.15. The van der Waals surface area contributed by atoms with Crippen molar-refractivity contribution in [2.24, 2.45) is 0 Å². The van der Waals surface area contributed by atoms with E-state index in [9.17, 15) is 13.9 Å². The van der Waals surface area contributed by atoms with E-state index in [4.69, 9.17) is 4.74 Å². The Labute approximate surface area is 93.9 Å². The van der Waals surface area contributed by atoms with Crippen molar-refractivity contribution in [3.63, 3.8) is 0 Å². The minimum atomic E-state index is -1.24. The Balaban J connectivity index is 3.19. The summed E-state index contributed by atoms with van der Waals surface area (Å²) >= 11 is 0. The number of aliphatic hydroxyl groups excluding tert-OH is 1. The van der Waals surface area contributed by atoms with Crippen molar-refractivity contribution in [3.05, 3.63) is 29.1 Å². The van der Waals surface area contributed by atoms with Gasteiger partial charge in [0.1, 0.15) is 6.17 Å². The van der Waals surface area contributed by atoms with E-state index >= 15 is 0 Å². The maximum Gasteiger partial charge on any atom is 0.165 e. The number of hydrogen-bond donors (Lipinski definition) is 1. The van der Waals surface area contributed by atoms with E-state index in [-0.39, 0.29) is 17.7 Å². The summed E-state index contributed by atoms with van der Waals surface area (Å²) in [7, 11) is 1.35. The quantitative estimate of drug-likeness (QED) is 0.861. The van der Waals surface area contributed by atoms with Gasteiger partial charge >= 0.3 is 0 Å². The molecule has 0 saturated heterocycles. The molecule has 90 valence electrons. The topological polar surface area (TPSA) is 29.5 Å². The molecular formula is C12H16F2O2. The first kappa shape index (κ1) is 12.9. The standard InChI is InChI=1S/C12H16F2O2/c1-7(15)4-10-5-9(8(2)13)6-11(14)12(10)16-3/h5-8,15H,4H2,1-3H3. The molecule has 0 aliphatic heterocycles. The Morgan fingerprint density at radius 1 is 1.38 bits per heavy atom. The number of alkyl halides is 1. The van der Waals surface area contributed by atoms with Crippen LogP contribution in [0.4, 0.5) is 8.78 Å². The lowest BCUT2D eigenvalue weighted by atomic mass is 10.0. The van der Waals surface area contributed by atoms with E-state index in [0.717, 1.165) is 6.07 Å². The molecule has 0 amide bonds. The highest BCUT2D eigenvalue weighted by molar-refractivity contribution is 5.40. The number of halogens is 2. The smallest absolute Gasteiger partial charge is 0.165 e. The molecule has 4 heteroatoms. The Bertz CT molecular complexity index is 362. The largest absolute Gasteiger partial charge is 0.493 e. The second-order valence-corrected chi connectivity index (χ2v) is 3.86. The van der Waals surface area contributed by atoms with Crippen LogP contribution in [0.15, 0.2) is 12.1 Å². The third kappa shape index (κ3) is 2.92. The lowest BCUT2D eigenvalue weighted by Gasteiger charge is -2.13. The molecule has 0 spiro atoms.